The molecule has 14 heteroatoms. The summed E-state index contributed by atoms with van der Waals surface area (Å²) in [5.41, 5.74) is 4.57. The van der Waals surface area contributed by atoms with Crippen LogP contribution in [0.2, 0.25) is 0 Å². The van der Waals surface area contributed by atoms with E-state index in [0.29, 0.717) is 24.3 Å². The summed E-state index contributed by atoms with van der Waals surface area (Å²) in [7, 11) is 0.236. The molecule has 0 aromatic heterocycles. The van der Waals surface area contributed by atoms with Crippen LogP contribution in [0.4, 0.5) is 13.2 Å². The van der Waals surface area contributed by atoms with Crippen LogP contribution in [0.3, 0.4) is 0 Å². The van der Waals surface area contributed by atoms with Crippen molar-refractivity contribution in [2.45, 2.75) is 96.4 Å². The van der Waals surface area contributed by atoms with Crippen LogP contribution in [-0.2, 0) is 52.9 Å². The van der Waals surface area contributed by atoms with Gasteiger partial charge in [-0.1, -0.05) is 125 Å². The van der Waals surface area contributed by atoms with E-state index in [1.807, 2.05) is 93.6 Å². The van der Waals surface area contributed by atoms with Crippen LogP contribution >= 0.6 is 0 Å². The Bertz CT molecular complexity index is 2900. The number of alkyl halides is 3. The highest BCUT2D eigenvalue weighted by Gasteiger charge is 2.49. The Morgan fingerprint density at radius 1 is 0.507 bits per heavy atom. The number of methoxy groups -OCH3 is 4. The minimum absolute atomic E-state index is 0.172. The number of hydrogen-bond donors (Lipinski definition) is 1. The van der Waals surface area contributed by atoms with Crippen LogP contribution in [0.5, 0.6) is 23.0 Å². The third-order valence-electron chi connectivity index (χ3n) is 13.6. The number of aromatic hydroxyl groups is 1. The molecule has 0 heterocycles. The van der Waals surface area contributed by atoms with Gasteiger partial charge in [0.15, 0.2) is 0 Å². The number of carbonyl (C=O) groups is 2. The summed E-state index contributed by atoms with van der Waals surface area (Å²) in [4.78, 5) is 23.1. The van der Waals surface area contributed by atoms with Crippen molar-refractivity contribution in [1.29, 1.82) is 0 Å². The standard InChI is InChI=1S/C29H31F3O6S.C28H32O4/c1-6-28(7-2,22-13-15-25(19(3)16-22)38-39(34,35)29(30,31)32)23-12-14-24(26(18-23)36-4)21-10-8-20(9-11-21)17-27(33)37-5;1-6-28(7-2,22-13-15-25(29)19(3)16-22)23-12-14-24(26(18-23)31-4)21-10-8-20(9-11-21)17-27(30)32-5/h8-16,18H,6-7,17H2,1-5H3;8-16,18,29H,6-7,17H2,1-5H3. The quantitative estimate of drug-likeness (QED) is 0.0504. The van der Waals surface area contributed by atoms with Crippen molar-refractivity contribution in [3.05, 3.63) is 166 Å². The van der Waals surface area contributed by atoms with Gasteiger partial charge in [-0.05, 0) is 119 Å². The van der Waals surface area contributed by atoms with E-state index in [2.05, 4.69) is 42.3 Å². The lowest BCUT2D eigenvalue weighted by Gasteiger charge is -2.34. The molecule has 0 aliphatic heterocycles. The highest BCUT2D eigenvalue weighted by atomic mass is 32.2. The molecule has 0 saturated heterocycles. The molecule has 0 unspecified atom stereocenters. The average Bonchev–Trinajstić information content (AvgIpc) is 3.37. The Morgan fingerprint density at radius 2 is 0.873 bits per heavy atom. The van der Waals surface area contributed by atoms with E-state index in [0.717, 1.165) is 68.7 Å². The second-order valence-electron chi connectivity index (χ2n) is 17.3. The molecule has 0 atom stereocenters. The molecule has 0 amide bonds. The number of phenolic OH excluding ortho intramolecular Hbond substituents is 1. The minimum atomic E-state index is -5.77. The number of hydrogen-bond acceptors (Lipinski definition) is 10. The monoisotopic (exact) mass is 996 g/mol. The first-order chi connectivity index (χ1) is 33.7. The predicted octanol–water partition coefficient (Wildman–Crippen LogP) is 12.9. The van der Waals surface area contributed by atoms with Crippen LogP contribution in [0, 0.1) is 13.8 Å². The molecular formula is C57H63F3O10S. The van der Waals surface area contributed by atoms with Gasteiger partial charge in [0.1, 0.15) is 23.0 Å². The van der Waals surface area contributed by atoms with Crippen LogP contribution in [0.1, 0.15) is 97.9 Å². The number of phenols is 1. The van der Waals surface area contributed by atoms with Gasteiger partial charge in [-0.15, -0.1) is 0 Å². The van der Waals surface area contributed by atoms with Crippen molar-refractivity contribution in [2.75, 3.05) is 28.4 Å². The Balaban J connectivity index is 0.000000269. The van der Waals surface area contributed by atoms with Crippen molar-refractivity contribution in [1.82, 2.24) is 0 Å². The van der Waals surface area contributed by atoms with Crippen LogP contribution in [0.15, 0.2) is 121 Å². The highest BCUT2D eigenvalue weighted by molar-refractivity contribution is 7.88. The van der Waals surface area contributed by atoms with Crippen molar-refractivity contribution in [2.24, 2.45) is 0 Å². The molecular weight excluding hydrogens is 934 g/mol. The summed E-state index contributed by atoms with van der Waals surface area (Å²) in [5, 5.41) is 10.0. The van der Waals surface area contributed by atoms with Gasteiger partial charge in [-0.3, -0.25) is 9.59 Å². The summed E-state index contributed by atoms with van der Waals surface area (Å²) >= 11 is 0. The SMILES string of the molecule is CCC(CC)(c1ccc(O)c(C)c1)c1ccc(-c2ccc(CC(=O)OC)cc2)c(OC)c1.CCC(CC)(c1ccc(OS(=O)(=O)C(F)(F)F)c(C)c1)c1ccc(-c2ccc(CC(=O)OC)cc2)c(OC)c1. The van der Waals surface area contributed by atoms with Crippen molar-refractivity contribution in [3.63, 3.8) is 0 Å². The van der Waals surface area contributed by atoms with Crippen molar-refractivity contribution < 1.29 is 59.4 Å². The lowest BCUT2D eigenvalue weighted by Crippen LogP contribution is -2.29. The molecule has 6 aromatic rings. The second-order valence-corrected chi connectivity index (χ2v) is 18.8. The van der Waals surface area contributed by atoms with E-state index in [1.54, 1.807) is 32.4 Å². The minimum Gasteiger partial charge on any atom is -0.508 e. The maximum Gasteiger partial charge on any atom is 0.534 e. The Kier molecular flexibility index (Phi) is 18.2. The Hall–Kier alpha value is -6.80. The Morgan fingerprint density at radius 3 is 1.21 bits per heavy atom. The van der Waals surface area contributed by atoms with Crippen molar-refractivity contribution in [3.8, 4) is 45.3 Å². The maximum absolute atomic E-state index is 12.8. The van der Waals surface area contributed by atoms with Crippen LogP contribution in [-0.4, -0.2) is 59.4 Å². The fourth-order valence-electron chi connectivity index (χ4n) is 9.16. The number of esters is 2. The lowest BCUT2D eigenvalue weighted by atomic mass is 9.70. The number of ether oxygens (including phenoxy) is 4. The van der Waals surface area contributed by atoms with Gasteiger partial charge in [-0.2, -0.15) is 21.6 Å². The van der Waals surface area contributed by atoms with Gasteiger partial charge >= 0.3 is 27.6 Å². The van der Waals surface area contributed by atoms with E-state index in [1.165, 1.54) is 38.3 Å². The topological polar surface area (TPSA) is 135 Å². The molecule has 0 bridgehead atoms. The fraction of sp³-hybridized carbons (Fsp3) is 0.333. The van der Waals surface area contributed by atoms with Crippen molar-refractivity contribution >= 4 is 22.1 Å². The first kappa shape index (κ1) is 55.1. The van der Waals surface area contributed by atoms with E-state index in [9.17, 15) is 36.3 Å². The first-order valence-electron chi connectivity index (χ1n) is 23.3. The molecule has 0 fully saturated rings. The molecule has 6 aromatic carbocycles. The summed E-state index contributed by atoms with van der Waals surface area (Å²) in [6, 6.07) is 38.1. The zero-order chi connectivity index (χ0) is 52.3. The van der Waals surface area contributed by atoms with Gasteiger partial charge in [0.05, 0.1) is 41.3 Å². The maximum atomic E-state index is 12.8. The van der Waals surface area contributed by atoms with E-state index in [4.69, 9.17) is 18.9 Å². The largest absolute Gasteiger partial charge is 0.534 e. The zero-order valence-electron chi connectivity index (χ0n) is 42.0. The van der Waals surface area contributed by atoms with Gasteiger partial charge in [0.2, 0.25) is 0 Å². The molecule has 6 rings (SSSR count). The summed E-state index contributed by atoms with van der Waals surface area (Å²) < 4.78 is 86.8. The predicted molar refractivity (Wildman–Crippen MR) is 271 cm³/mol. The zero-order valence-corrected chi connectivity index (χ0v) is 42.8. The first-order valence-corrected chi connectivity index (χ1v) is 24.7. The van der Waals surface area contributed by atoms with Crippen LogP contribution in [0.25, 0.3) is 22.3 Å². The third-order valence-corrected chi connectivity index (χ3v) is 14.5. The molecule has 0 radical (unpaired) electrons. The number of rotatable bonds is 18. The van der Waals surface area contributed by atoms with E-state index >= 15 is 0 Å². The van der Waals surface area contributed by atoms with Crippen LogP contribution < -0.4 is 13.7 Å². The average molecular weight is 997 g/mol. The number of halogens is 3. The number of benzene rings is 6. The molecule has 10 nitrogen and oxygen atoms in total. The molecule has 1 N–H and O–H groups in total. The van der Waals surface area contributed by atoms with Gasteiger partial charge in [0.25, 0.3) is 0 Å². The highest BCUT2D eigenvalue weighted by Crippen LogP contribution is 2.45. The van der Waals surface area contributed by atoms with Gasteiger partial charge in [0, 0.05) is 22.0 Å². The second kappa shape index (κ2) is 23.4. The lowest BCUT2D eigenvalue weighted by molar-refractivity contribution is -0.140. The summed E-state index contributed by atoms with van der Waals surface area (Å²) in [6.45, 7) is 11.9. The van der Waals surface area contributed by atoms with Gasteiger partial charge in [-0.25, -0.2) is 0 Å². The fourth-order valence-corrected chi connectivity index (χ4v) is 9.68. The molecule has 71 heavy (non-hydrogen) atoms. The van der Waals surface area contributed by atoms with E-state index in [-0.39, 0.29) is 41.5 Å². The number of aryl methyl sites for hydroxylation is 2. The summed E-state index contributed by atoms with van der Waals surface area (Å²) in [5.74, 6) is 0.813. The third kappa shape index (κ3) is 12.2. The Labute approximate surface area is 415 Å². The van der Waals surface area contributed by atoms with Gasteiger partial charge < -0.3 is 28.2 Å². The molecule has 0 aliphatic rings. The van der Waals surface area contributed by atoms with E-state index < -0.39 is 21.0 Å². The smallest absolute Gasteiger partial charge is 0.508 e. The molecule has 0 spiro atoms. The normalized spacial score (nSPS) is 11.8. The summed E-state index contributed by atoms with van der Waals surface area (Å²) in [6.07, 6.45) is 3.61. The molecule has 0 saturated carbocycles. The molecule has 378 valence electrons. The number of carbonyl (C=O) groups excluding carboxylic acids is 2. The molecule has 0 aliphatic carbocycles.